The van der Waals surface area contributed by atoms with E-state index in [1.54, 1.807) is 31.2 Å². The number of nitrogens with one attached hydrogen (secondary N) is 2. The monoisotopic (exact) mass is 776 g/mol. The summed E-state index contributed by atoms with van der Waals surface area (Å²) in [4.78, 5) is 42.0. The first kappa shape index (κ1) is 36.4. The van der Waals surface area contributed by atoms with Crippen molar-refractivity contribution in [3.05, 3.63) is 79.9 Å². The zero-order valence-corrected chi connectivity index (χ0v) is 30.8. The topological polar surface area (TPSA) is 163 Å². The minimum absolute atomic E-state index is 0.0454. The van der Waals surface area contributed by atoms with Crippen molar-refractivity contribution in [2.75, 3.05) is 24.7 Å². The summed E-state index contributed by atoms with van der Waals surface area (Å²) in [6.45, 7) is 2.92. The van der Waals surface area contributed by atoms with Crippen LogP contribution in [0, 0.1) is 30.1 Å². The Kier molecular flexibility index (Phi) is 9.67. The Morgan fingerprint density at radius 1 is 1.17 bits per heavy atom. The largest absolute Gasteiger partial charge is 0.366 e. The first-order chi connectivity index (χ1) is 25.2. The lowest BCUT2D eigenvalue weighted by atomic mass is 9.85. The van der Waals surface area contributed by atoms with Crippen LogP contribution in [0.1, 0.15) is 53.0 Å². The number of piperidine rings is 1. The summed E-state index contributed by atoms with van der Waals surface area (Å²) in [6.07, 6.45) is 5.01. The van der Waals surface area contributed by atoms with E-state index in [-0.39, 0.29) is 59.3 Å². The van der Waals surface area contributed by atoms with Crippen LogP contribution in [-0.2, 0) is 16.6 Å². The molecule has 12 nitrogen and oxygen atoms in total. The van der Waals surface area contributed by atoms with Crippen LogP contribution in [0.5, 0.6) is 0 Å². The van der Waals surface area contributed by atoms with Crippen molar-refractivity contribution >= 4 is 65.8 Å². The van der Waals surface area contributed by atoms with Gasteiger partial charge in [-0.15, -0.1) is 11.3 Å². The van der Waals surface area contributed by atoms with Gasteiger partial charge in [0.25, 0.3) is 17.4 Å². The van der Waals surface area contributed by atoms with Crippen LogP contribution in [-0.4, -0.2) is 76.1 Å². The third kappa shape index (κ3) is 7.45. The van der Waals surface area contributed by atoms with Gasteiger partial charge in [-0.05, 0) is 44.0 Å². The first-order valence-corrected chi connectivity index (χ1v) is 19.7. The fourth-order valence-corrected chi connectivity index (χ4v) is 8.46. The van der Waals surface area contributed by atoms with Gasteiger partial charge < -0.3 is 5.32 Å². The highest BCUT2D eigenvalue weighted by molar-refractivity contribution is 7.89. The average Bonchev–Trinajstić information content (AvgIpc) is 3.54. The van der Waals surface area contributed by atoms with Crippen molar-refractivity contribution in [2.24, 2.45) is 0 Å². The molecule has 2 N–H and O–H groups in total. The smallest absolute Gasteiger partial charge is 0.267 e. The molecular weight excluding hydrogens is 746 g/mol. The molecule has 17 heteroatoms. The number of aromatic nitrogens is 4. The van der Waals surface area contributed by atoms with Crippen molar-refractivity contribution < 1.29 is 22.0 Å². The number of hydrogen-bond acceptors (Lipinski definition) is 11. The molecule has 2 fully saturated rings. The number of benzene rings is 1. The summed E-state index contributed by atoms with van der Waals surface area (Å²) in [5.41, 5.74) is 2.22. The third-order valence-electron chi connectivity index (χ3n) is 9.47. The number of thiophene rings is 1. The fourth-order valence-electron chi connectivity index (χ4n) is 6.81. The lowest BCUT2D eigenvalue weighted by Crippen LogP contribution is -2.54. The summed E-state index contributed by atoms with van der Waals surface area (Å²) >= 11 is 7.63. The third-order valence-corrected chi connectivity index (χ3v) is 11.3. The summed E-state index contributed by atoms with van der Waals surface area (Å²) in [5.74, 6) is 3.47. The molecule has 53 heavy (non-hydrogen) atoms. The first-order valence-electron chi connectivity index (χ1n) is 16.6. The number of halogens is 3. The van der Waals surface area contributed by atoms with E-state index in [0.29, 0.717) is 63.7 Å². The number of nitrogens with zero attached hydrogens (tertiary/aromatic N) is 6. The molecule has 0 radical (unpaired) electrons. The van der Waals surface area contributed by atoms with E-state index in [1.165, 1.54) is 33.7 Å². The van der Waals surface area contributed by atoms with E-state index >= 15 is 0 Å². The van der Waals surface area contributed by atoms with E-state index in [0.717, 1.165) is 6.26 Å². The minimum Gasteiger partial charge on any atom is -0.366 e. The van der Waals surface area contributed by atoms with Gasteiger partial charge in [0, 0.05) is 71.3 Å². The molecule has 0 spiro atoms. The highest BCUT2D eigenvalue weighted by Gasteiger charge is 2.48. The molecule has 2 aliphatic rings. The van der Waals surface area contributed by atoms with Crippen LogP contribution in [0.3, 0.4) is 0 Å². The van der Waals surface area contributed by atoms with Crippen LogP contribution >= 0.6 is 22.9 Å². The number of fused-ring (bicyclic) bond motifs is 2. The van der Waals surface area contributed by atoms with Gasteiger partial charge in [-0.25, -0.2) is 31.9 Å². The van der Waals surface area contributed by atoms with Crippen molar-refractivity contribution in [2.45, 2.75) is 57.2 Å². The van der Waals surface area contributed by atoms with Gasteiger partial charge in [0.2, 0.25) is 10.0 Å². The zero-order valence-electron chi connectivity index (χ0n) is 28.4. The normalized spacial score (nSPS) is 16.5. The van der Waals surface area contributed by atoms with E-state index in [9.17, 15) is 32.0 Å². The maximum Gasteiger partial charge on any atom is 0.267 e. The number of carbonyl (C=O) groups excluding carboxylic acids is 1. The Labute approximate surface area is 311 Å². The Morgan fingerprint density at radius 2 is 1.92 bits per heavy atom. The number of rotatable bonds is 7. The molecule has 4 aromatic heterocycles. The van der Waals surface area contributed by atoms with Crippen LogP contribution < -0.4 is 15.6 Å². The lowest BCUT2D eigenvalue weighted by Gasteiger charge is -2.45. The second kappa shape index (κ2) is 14.1. The number of anilines is 1. The van der Waals surface area contributed by atoms with Crippen LogP contribution in [0.4, 0.5) is 14.6 Å². The highest BCUT2D eigenvalue weighted by atomic mass is 35.5. The van der Waals surface area contributed by atoms with E-state index in [1.807, 2.05) is 4.72 Å². The molecule has 5 heterocycles. The molecular formula is C36H31ClF2N8O4S2. The molecule has 1 amide bonds. The number of alkyl halides is 2. The van der Waals surface area contributed by atoms with Gasteiger partial charge in [-0.1, -0.05) is 23.4 Å². The summed E-state index contributed by atoms with van der Waals surface area (Å²) in [6, 6.07) is 8.87. The van der Waals surface area contributed by atoms with Gasteiger partial charge in [-0.2, -0.15) is 5.26 Å². The van der Waals surface area contributed by atoms with Crippen molar-refractivity contribution in [1.82, 2.24) is 29.1 Å². The molecule has 1 saturated heterocycles. The molecule has 0 atom stereocenters. The molecule has 1 saturated carbocycles. The quantitative estimate of drug-likeness (QED) is 0.207. The number of amides is 1. The lowest BCUT2D eigenvalue weighted by molar-refractivity contribution is -0.127. The predicted molar refractivity (Wildman–Crippen MR) is 199 cm³/mol. The predicted octanol–water partition coefficient (Wildman–Crippen LogP) is 5.32. The maximum absolute atomic E-state index is 13.9. The van der Waals surface area contributed by atoms with Crippen molar-refractivity contribution in [3.63, 3.8) is 0 Å². The Bertz CT molecular complexity index is 2580. The molecule has 1 aliphatic heterocycles. The van der Waals surface area contributed by atoms with Crippen LogP contribution in [0.25, 0.3) is 32.2 Å². The van der Waals surface area contributed by atoms with Crippen molar-refractivity contribution in [1.29, 1.82) is 5.26 Å². The molecule has 272 valence electrons. The number of nitriles is 1. The van der Waals surface area contributed by atoms with E-state index in [4.69, 9.17) is 11.6 Å². The second-order valence-corrected chi connectivity index (χ2v) is 16.2. The van der Waals surface area contributed by atoms with Gasteiger partial charge in [0.1, 0.15) is 23.3 Å². The average molecular weight is 777 g/mol. The summed E-state index contributed by atoms with van der Waals surface area (Å²) < 4.78 is 54.1. The number of likely N-dealkylation sites (tertiary alicyclic amines) is 1. The number of carbonyl (C=O) groups is 1. The summed E-state index contributed by atoms with van der Waals surface area (Å²) in [5, 5.41) is 15.6. The number of aryl methyl sites for hydroxylation is 1. The van der Waals surface area contributed by atoms with E-state index in [2.05, 4.69) is 43.1 Å². The molecule has 1 aliphatic carbocycles. The van der Waals surface area contributed by atoms with Crippen LogP contribution in [0.2, 0.25) is 5.02 Å². The molecule has 1 aromatic carbocycles. The number of hydrogen-bond donors (Lipinski definition) is 2. The van der Waals surface area contributed by atoms with Crippen molar-refractivity contribution in [3.8, 4) is 29.0 Å². The molecule has 0 unspecified atom stereocenters. The highest BCUT2D eigenvalue weighted by Crippen LogP contribution is 2.41. The fraction of sp³-hybridized carbons (Fsp3) is 0.333. The summed E-state index contributed by atoms with van der Waals surface area (Å²) in [7, 11) is -3.79. The molecule has 0 bridgehead atoms. The Morgan fingerprint density at radius 3 is 2.62 bits per heavy atom. The van der Waals surface area contributed by atoms with Gasteiger partial charge in [-0.3, -0.25) is 24.0 Å². The zero-order chi connectivity index (χ0) is 37.7. The minimum atomic E-state index is -3.79. The Hall–Kier alpha value is -5.00. The molecule has 5 aromatic rings. The molecule has 7 rings (SSSR count). The van der Waals surface area contributed by atoms with Crippen LogP contribution in [0.15, 0.2) is 46.8 Å². The number of sulfonamides is 1. The standard InChI is InChI=1S/C36H31ClF2N8O4S2/c1-20-43-29-18-42-33(44-23-8-12-46(13-9-23)24-15-36(38,39)16-24)27(17-40)30(29)35(49)47(20)11-3-4-21-5-6-22(37)14-26(21)25-7-10-41-31-28(19-52-32(25)31)34(48)45-53(2,50)51/h5-7,10,14,18-19,23-24H,8-9,11-13,15-16H2,1-2H3,(H,42,44)(H,45,48). The van der Waals surface area contributed by atoms with Gasteiger partial charge in [0.15, 0.2) is 0 Å². The second-order valence-electron chi connectivity index (χ2n) is 13.2. The van der Waals surface area contributed by atoms with Gasteiger partial charge >= 0.3 is 0 Å². The maximum atomic E-state index is 13.9. The number of pyridine rings is 2. The Balaban J connectivity index is 1.16. The van der Waals surface area contributed by atoms with E-state index < -0.39 is 27.4 Å². The van der Waals surface area contributed by atoms with Gasteiger partial charge in [0.05, 0.1) is 45.7 Å². The SMILES string of the molecule is Cc1nc2cnc(NC3CCN(C4CC(F)(F)C4)CC3)c(C#N)c2c(=O)n1CC#Cc1ccc(Cl)cc1-c1ccnc2c(C(=O)NS(C)(=O)=O)csc12.